The van der Waals surface area contributed by atoms with E-state index in [1.165, 1.54) is 23.2 Å². The molecule has 6 rings (SSSR count). The third-order valence-electron chi connectivity index (χ3n) is 7.84. The molecule has 2 aromatic carbocycles. The fourth-order valence-corrected chi connectivity index (χ4v) is 7.40. The normalized spacial score (nSPS) is 16.8. The SMILES string of the molecule is O=C(C/C=C(/C(=O)NC1C(=O)N2C(C(=O)[O-])=C(C[n+]3ccccc3)CSC12)c1csc(NC(=O)OCc2ccccc2)n1)OCc1ccccc1. The zero-order chi connectivity index (χ0) is 35.7. The van der Waals surface area contributed by atoms with Gasteiger partial charge in [-0.3, -0.25) is 24.6 Å². The smallest absolute Gasteiger partial charge is 0.413 e. The summed E-state index contributed by atoms with van der Waals surface area (Å²) in [6, 6.07) is 22.6. The number of nitrogens with one attached hydrogen (secondary N) is 2. The first-order valence-corrected chi connectivity index (χ1v) is 17.7. The number of ether oxygens (including phenoxy) is 2. The van der Waals surface area contributed by atoms with Gasteiger partial charge < -0.3 is 24.7 Å². The number of carboxylic acid groups (broad SMARTS) is 1. The van der Waals surface area contributed by atoms with Crippen molar-refractivity contribution in [3.63, 3.8) is 0 Å². The predicted molar refractivity (Wildman–Crippen MR) is 185 cm³/mol. The standard InChI is InChI=1S/C36H31N5O8S2/c42-28(48-19-23-10-4-1-5-11-23)15-14-26(27-22-51-35(37-27)39-36(47)49-20-24-12-6-2-7-13-24)31(43)38-29-32(44)41-30(34(45)46)25(21-50-33(29)41)18-40-16-8-3-9-17-40/h1-14,16-17,22,29,33H,15,18-21H2,(H2-,37,38,39,43,45,46,47)/b26-14+. The molecule has 2 atom stereocenters. The quantitative estimate of drug-likeness (QED) is 0.0905. The van der Waals surface area contributed by atoms with Gasteiger partial charge in [0.2, 0.25) is 0 Å². The van der Waals surface area contributed by atoms with E-state index in [0.717, 1.165) is 27.4 Å². The summed E-state index contributed by atoms with van der Waals surface area (Å²) in [7, 11) is 0. The van der Waals surface area contributed by atoms with Crippen molar-refractivity contribution < 1.29 is 43.1 Å². The van der Waals surface area contributed by atoms with E-state index in [1.807, 2.05) is 78.9 Å². The van der Waals surface area contributed by atoms with Crippen molar-refractivity contribution in [2.75, 3.05) is 11.1 Å². The van der Waals surface area contributed by atoms with Crippen LogP contribution in [0.15, 0.2) is 114 Å². The van der Waals surface area contributed by atoms with Crippen LogP contribution in [0.3, 0.4) is 0 Å². The second-order valence-electron chi connectivity index (χ2n) is 11.3. The Morgan fingerprint density at radius 2 is 1.59 bits per heavy atom. The summed E-state index contributed by atoms with van der Waals surface area (Å²) < 4.78 is 12.4. The van der Waals surface area contributed by atoms with Crippen LogP contribution >= 0.6 is 23.1 Å². The number of thioether (sulfide) groups is 1. The number of hydrogen-bond acceptors (Lipinski definition) is 11. The maximum absolute atomic E-state index is 13.8. The highest BCUT2D eigenvalue weighted by molar-refractivity contribution is 8.00. The van der Waals surface area contributed by atoms with Crippen molar-refractivity contribution in [3.8, 4) is 0 Å². The number of esters is 1. The van der Waals surface area contributed by atoms with Crippen molar-refractivity contribution in [2.24, 2.45) is 0 Å². The number of nitrogens with zero attached hydrogens (tertiary/aromatic N) is 3. The molecular weight excluding hydrogens is 695 g/mol. The molecule has 51 heavy (non-hydrogen) atoms. The number of carbonyl (C=O) groups excluding carboxylic acids is 5. The maximum atomic E-state index is 13.8. The monoisotopic (exact) mass is 725 g/mol. The number of benzene rings is 2. The van der Waals surface area contributed by atoms with Crippen LogP contribution in [0.2, 0.25) is 0 Å². The van der Waals surface area contributed by atoms with Gasteiger partial charge in [0.25, 0.3) is 11.8 Å². The Balaban J connectivity index is 1.16. The van der Waals surface area contributed by atoms with E-state index in [-0.39, 0.29) is 48.3 Å². The van der Waals surface area contributed by atoms with Gasteiger partial charge in [0.05, 0.1) is 29.4 Å². The lowest BCUT2D eigenvalue weighted by Crippen LogP contribution is -2.71. The summed E-state index contributed by atoms with van der Waals surface area (Å²) >= 11 is 2.35. The Morgan fingerprint density at radius 1 is 0.941 bits per heavy atom. The lowest BCUT2D eigenvalue weighted by molar-refractivity contribution is -0.689. The third kappa shape index (κ3) is 8.69. The molecular formula is C36H31N5O8S2. The van der Waals surface area contributed by atoms with Gasteiger partial charge in [0.15, 0.2) is 24.1 Å². The number of anilines is 1. The minimum absolute atomic E-state index is 0.0370. The molecule has 2 aliphatic rings. The number of aliphatic carboxylic acids is 1. The number of amides is 3. The number of pyridine rings is 1. The van der Waals surface area contributed by atoms with Crippen LogP contribution < -0.4 is 20.3 Å². The molecule has 1 fully saturated rings. The number of fused-ring (bicyclic) bond motifs is 1. The minimum atomic E-state index is -1.48. The van der Waals surface area contributed by atoms with E-state index in [2.05, 4.69) is 15.6 Å². The highest BCUT2D eigenvalue weighted by Crippen LogP contribution is 2.40. The second kappa shape index (κ2) is 16.3. The van der Waals surface area contributed by atoms with Crippen LogP contribution in [-0.2, 0) is 48.4 Å². The van der Waals surface area contributed by atoms with Gasteiger partial charge in [0.1, 0.15) is 24.6 Å². The first-order valence-electron chi connectivity index (χ1n) is 15.7. The van der Waals surface area contributed by atoms with Gasteiger partial charge in [-0.05, 0) is 11.1 Å². The summed E-state index contributed by atoms with van der Waals surface area (Å²) in [4.78, 5) is 70.0. The minimum Gasteiger partial charge on any atom is -0.543 e. The molecule has 4 heterocycles. The van der Waals surface area contributed by atoms with Gasteiger partial charge in [-0.15, -0.1) is 23.1 Å². The Kier molecular flexibility index (Phi) is 11.2. The first kappa shape index (κ1) is 35.0. The molecule has 4 aromatic rings. The summed E-state index contributed by atoms with van der Waals surface area (Å²) in [5.74, 6) is -3.13. The van der Waals surface area contributed by atoms with Crippen molar-refractivity contribution in [1.29, 1.82) is 0 Å². The molecule has 0 saturated carbocycles. The Hall–Kier alpha value is -5.80. The number of thiazole rings is 1. The third-order valence-corrected chi connectivity index (χ3v) is 9.94. The number of rotatable bonds is 13. The molecule has 0 aliphatic carbocycles. The van der Waals surface area contributed by atoms with E-state index in [0.29, 0.717) is 11.3 Å². The Labute approximate surface area is 300 Å². The lowest BCUT2D eigenvalue weighted by atomic mass is 10.0. The van der Waals surface area contributed by atoms with Crippen molar-refractivity contribution in [3.05, 3.63) is 131 Å². The van der Waals surface area contributed by atoms with E-state index in [9.17, 15) is 29.1 Å². The van der Waals surface area contributed by atoms with Crippen LogP contribution in [0.5, 0.6) is 0 Å². The molecule has 13 nitrogen and oxygen atoms in total. The molecule has 2 unspecified atom stereocenters. The maximum Gasteiger partial charge on any atom is 0.413 e. The van der Waals surface area contributed by atoms with Crippen molar-refractivity contribution in [1.82, 2.24) is 15.2 Å². The van der Waals surface area contributed by atoms with Crippen LogP contribution in [0.4, 0.5) is 9.93 Å². The van der Waals surface area contributed by atoms with Gasteiger partial charge in [-0.2, -0.15) is 0 Å². The zero-order valence-corrected chi connectivity index (χ0v) is 28.6. The van der Waals surface area contributed by atoms with Crippen molar-refractivity contribution in [2.45, 2.75) is 37.6 Å². The molecule has 0 bridgehead atoms. The van der Waals surface area contributed by atoms with Crippen LogP contribution in [0.25, 0.3) is 5.57 Å². The van der Waals surface area contributed by atoms with E-state index < -0.39 is 41.3 Å². The Bertz CT molecular complexity index is 1990. The molecule has 2 aromatic heterocycles. The molecule has 1 saturated heterocycles. The number of carbonyl (C=O) groups is 5. The summed E-state index contributed by atoms with van der Waals surface area (Å²) in [6.07, 6.45) is 3.86. The average Bonchev–Trinajstić information content (AvgIpc) is 3.60. The topological polar surface area (TPSA) is 171 Å². The van der Waals surface area contributed by atoms with Crippen LogP contribution in [0.1, 0.15) is 23.2 Å². The summed E-state index contributed by atoms with van der Waals surface area (Å²) in [5.41, 5.74) is 1.96. The van der Waals surface area contributed by atoms with E-state index >= 15 is 0 Å². The molecule has 3 amide bonds. The lowest BCUT2D eigenvalue weighted by Gasteiger charge is -2.50. The molecule has 0 radical (unpaired) electrons. The zero-order valence-electron chi connectivity index (χ0n) is 26.9. The van der Waals surface area contributed by atoms with Crippen LogP contribution in [0, 0.1) is 0 Å². The van der Waals surface area contributed by atoms with E-state index in [4.69, 9.17) is 9.47 Å². The van der Waals surface area contributed by atoms with Crippen molar-refractivity contribution >= 4 is 63.6 Å². The summed E-state index contributed by atoms with van der Waals surface area (Å²) in [6.45, 7) is 0.323. The highest BCUT2D eigenvalue weighted by atomic mass is 32.2. The van der Waals surface area contributed by atoms with Gasteiger partial charge >= 0.3 is 12.1 Å². The molecule has 260 valence electrons. The highest BCUT2D eigenvalue weighted by Gasteiger charge is 2.53. The molecule has 2 aliphatic heterocycles. The fourth-order valence-electron chi connectivity index (χ4n) is 5.37. The second-order valence-corrected chi connectivity index (χ2v) is 13.3. The number of hydrogen-bond donors (Lipinski definition) is 2. The largest absolute Gasteiger partial charge is 0.543 e. The van der Waals surface area contributed by atoms with Crippen LogP contribution in [-0.4, -0.2) is 56.9 Å². The molecule has 2 N–H and O–H groups in total. The van der Waals surface area contributed by atoms with E-state index in [1.54, 1.807) is 17.0 Å². The average molecular weight is 726 g/mol. The molecule has 0 spiro atoms. The number of carboxylic acids is 1. The molecule has 15 heteroatoms. The van der Waals surface area contributed by atoms with Gasteiger partial charge in [0, 0.05) is 28.8 Å². The number of aromatic nitrogens is 2. The summed E-state index contributed by atoms with van der Waals surface area (Å²) in [5, 5.41) is 18.4. The number of β-lactam (4-membered cyclic amide) rings is 1. The predicted octanol–water partition coefficient (Wildman–Crippen LogP) is 2.80. The first-order chi connectivity index (χ1) is 24.8. The van der Waals surface area contributed by atoms with Gasteiger partial charge in [-0.25, -0.2) is 14.3 Å². The fraction of sp³-hybridized carbons (Fsp3) is 0.194. The Morgan fingerprint density at radius 3 is 2.25 bits per heavy atom. The van der Waals surface area contributed by atoms with Gasteiger partial charge in [-0.1, -0.05) is 72.8 Å².